The zero-order valence-electron chi connectivity index (χ0n) is 8.34. The van der Waals surface area contributed by atoms with Gasteiger partial charge in [0, 0.05) is 0 Å². The van der Waals surface area contributed by atoms with Crippen LogP contribution in [0.15, 0.2) is 36.9 Å². The molecule has 0 aromatic heterocycles. The number of alkyl halides is 3. The Hall–Kier alpha value is -0.700. The van der Waals surface area contributed by atoms with Crippen molar-refractivity contribution in [1.82, 2.24) is 0 Å². The number of hydrogen-bond donors (Lipinski definition) is 1. The normalized spacial score (nSPS) is 10.9. The van der Waals surface area contributed by atoms with Crippen molar-refractivity contribution >= 4 is 46.3 Å². The van der Waals surface area contributed by atoms with Crippen molar-refractivity contribution in [3.8, 4) is 0 Å². The predicted molar refractivity (Wildman–Crippen MR) is 69.4 cm³/mol. The molecule has 0 amide bonds. The molecule has 0 saturated carbocycles. The van der Waals surface area contributed by atoms with Crippen LogP contribution in [0.5, 0.6) is 0 Å². The molecule has 1 aromatic carbocycles. The minimum Gasteiger partial charge on any atom is -0.473 e. The summed E-state index contributed by atoms with van der Waals surface area (Å²) in [4.78, 5) is 0. The van der Waals surface area contributed by atoms with Gasteiger partial charge in [-0.1, -0.05) is 71.7 Å². The molecule has 0 fully saturated rings. The standard InChI is InChI=1S/C11H10Cl3NO/c1-8(9-5-3-2-4-6-9)7-16-10(15)11(12,13)14/h2-6,15H,1,7H2. The third-order valence-electron chi connectivity index (χ3n) is 1.83. The fourth-order valence-corrected chi connectivity index (χ4v) is 1.16. The van der Waals surface area contributed by atoms with Crippen molar-refractivity contribution in [3.63, 3.8) is 0 Å². The third-order valence-corrected chi connectivity index (χ3v) is 2.35. The first kappa shape index (κ1) is 13.4. The maximum absolute atomic E-state index is 7.34. The van der Waals surface area contributed by atoms with Gasteiger partial charge in [0.2, 0.25) is 5.90 Å². The number of halogens is 3. The van der Waals surface area contributed by atoms with Crippen molar-refractivity contribution < 1.29 is 4.74 Å². The number of nitrogens with one attached hydrogen (secondary N) is 1. The Balaban J connectivity index is 2.52. The maximum atomic E-state index is 7.34. The summed E-state index contributed by atoms with van der Waals surface area (Å²) >= 11 is 16.4. The van der Waals surface area contributed by atoms with E-state index in [0.29, 0.717) is 0 Å². The molecule has 0 radical (unpaired) electrons. The SMILES string of the molecule is C=C(COC(=N)C(Cl)(Cl)Cl)c1ccccc1. The van der Waals surface area contributed by atoms with E-state index in [-0.39, 0.29) is 6.61 Å². The van der Waals surface area contributed by atoms with Crippen LogP contribution in [0.25, 0.3) is 5.57 Å². The molecule has 0 saturated heterocycles. The van der Waals surface area contributed by atoms with Crippen molar-refractivity contribution in [3.05, 3.63) is 42.5 Å². The van der Waals surface area contributed by atoms with E-state index in [1.54, 1.807) is 0 Å². The molecule has 0 aliphatic carbocycles. The van der Waals surface area contributed by atoms with Crippen LogP contribution in [0.1, 0.15) is 5.56 Å². The highest BCUT2D eigenvalue weighted by molar-refractivity contribution is 6.76. The molecule has 0 aliphatic heterocycles. The van der Waals surface area contributed by atoms with Crippen molar-refractivity contribution in [2.24, 2.45) is 0 Å². The fourth-order valence-electron chi connectivity index (χ4n) is 0.998. The monoisotopic (exact) mass is 277 g/mol. The molecule has 5 heteroatoms. The number of ether oxygens (including phenoxy) is 1. The molecule has 0 aliphatic rings. The molecule has 86 valence electrons. The minimum absolute atomic E-state index is 0.122. The lowest BCUT2D eigenvalue weighted by Crippen LogP contribution is -2.21. The van der Waals surface area contributed by atoms with Gasteiger partial charge in [-0.05, 0) is 11.1 Å². The van der Waals surface area contributed by atoms with Crippen LogP contribution in [-0.4, -0.2) is 16.3 Å². The first-order valence-corrected chi connectivity index (χ1v) is 5.56. The van der Waals surface area contributed by atoms with E-state index in [4.69, 9.17) is 44.9 Å². The van der Waals surface area contributed by atoms with Crippen LogP contribution in [0, 0.1) is 5.41 Å². The average Bonchev–Trinajstić information content (AvgIpc) is 2.25. The molecule has 0 spiro atoms. The Morgan fingerprint density at radius 3 is 2.31 bits per heavy atom. The summed E-state index contributed by atoms with van der Waals surface area (Å²) in [5.74, 6) is -0.408. The summed E-state index contributed by atoms with van der Waals surface area (Å²) in [5.41, 5.74) is 1.65. The number of benzene rings is 1. The summed E-state index contributed by atoms with van der Waals surface area (Å²) in [6, 6.07) is 9.47. The van der Waals surface area contributed by atoms with E-state index in [0.717, 1.165) is 11.1 Å². The molecule has 0 atom stereocenters. The number of hydrogen-bond acceptors (Lipinski definition) is 2. The zero-order valence-corrected chi connectivity index (χ0v) is 10.6. The van der Waals surface area contributed by atoms with Gasteiger partial charge in [0.25, 0.3) is 3.79 Å². The van der Waals surface area contributed by atoms with Gasteiger partial charge in [0.1, 0.15) is 6.61 Å². The molecule has 0 bridgehead atoms. The highest BCUT2D eigenvalue weighted by Gasteiger charge is 2.28. The molecule has 1 rings (SSSR count). The number of rotatable bonds is 3. The first-order valence-electron chi connectivity index (χ1n) is 4.43. The Kier molecular flexibility index (Phi) is 4.66. The Morgan fingerprint density at radius 2 is 1.81 bits per heavy atom. The molecular weight excluding hydrogens is 268 g/mol. The largest absolute Gasteiger partial charge is 0.473 e. The van der Waals surface area contributed by atoms with Crippen molar-refractivity contribution in [2.45, 2.75) is 3.79 Å². The molecule has 0 heterocycles. The highest BCUT2D eigenvalue weighted by atomic mass is 35.6. The second-order valence-corrected chi connectivity index (χ2v) is 5.37. The van der Waals surface area contributed by atoms with Gasteiger partial charge in [-0.25, -0.2) is 0 Å². The summed E-state index contributed by atoms with van der Waals surface area (Å²) < 4.78 is 3.19. The van der Waals surface area contributed by atoms with Gasteiger partial charge in [0.05, 0.1) is 0 Å². The third kappa shape index (κ3) is 4.05. The molecule has 1 N–H and O–H groups in total. The predicted octanol–water partition coefficient (Wildman–Crippen LogP) is 4.06. The quantitative estimate of drug-likeness (QED) is 0.505. The van der Waals surface area contributed by atoms with Gasteiger partial charge in [-0.3, -0.25) is 5.41 Å². The lowest BCUT2D eigenvalue weighted by molar-refractivity contribution is 0.347. The highest BCUT2D eigenvalue weighted by Crippen LogP contribution is 2.28. The van der Waals surface area contributed by atoms with Crippen molar-refractivity contribution in [1.29, 1.82) is 5.41 Å². The Bertz CT molecular complexity index is 384. The first-order chi connectivity index (χ1) is 7.41. The van der Waals surface area contributed by atoms with Crippen LogP contribution in [0.4, 0.5) is 0 Å². The van der Waals surface area contributed by atoms with Crippen LogP contribution < -0.4 is 0 Å². The molecule has 1 aromatic rings. The van der Waals surface area contributed by atoms with Gasteiger partial charge in [-0.2, -0.15) is 0 Å². The summed E-state index contributed by atoms with van der Waals surface area (Å²) in [6.45, 7) is 3.95. The van der Waals surface area contributed by atoms with Gasteiger partial charge >= 0.3 is 0 Å². The second-order valence-electron chi connectivity index (χ2n) is 3.09. The van der Waals surface area contributed by atoms with Gasteiger partial charge in [-0.15, -0.1) is 0 Å². The zero-order chi connectivity index (χ0) is 12.2. The smallest absolute Gasteiger partial charge is 0.265 e. The average molecular weight is 279 g/mol. The second kappa shape index (κ2) is 5.58. The fraction of sp³-hybridized carbons (Fsp3) is 0.182. The molecule has 0 unspecified atom stereocenters. The van der Waals surface area contributed by atoms with Gasteiger partial charge < -0.3 is 4.74 Å². The van der Waals surface area contributed by atoms with Gasteiger partial charge in [0.15, 0.2) is 0 Å². The lowest BCUT2D eigenvalue weighted by atomic mass is 10.1. The van der Waals surface area contributed by atoms with E-state index < -0.39 is 9.69 Å². The summed E-state index contributed by atoms with van der Waals surface area (Å²) in [6.07, 6.45) is 0. The Labute approximate surface area is 109 Å². The molecule has 2 nitrogen and oxygen atoms in total. The minimum atomic E-state index is -1.82. The van der Waals surface area contributed by atoms with Crippen LogP contribution >= 0.6 is 34.8 Å². The van der Waals surface area contributed by atoms with Crippen LogP contribution in [0.2, 0.25) is 0 Å². The Morgan fingerprint density at radius 1 is 1.25 bits per heavy atom. The van der Waals surface area contributed by atoms with Crippen LogP contribution in [-0.2, 0) is 4.74 Å². The van der Waals surface area contributed by atoms with Crippen LogP contribution in [0.3, 0.4) is 0 Å². The van der Waals surface area contributed by atoms with E-state index in [2.05, 4.69) is 6.58 Å². The lowest BCUT2D eigenvalue weighted by Gasteiger charge is -2.14. The summed E-state index contributed by atoms with van der Waals surface area (Å²) in [5, 5.41) is 7.34. The van der Waals surface area contributed by atoms with Crippen molar-refractivity contribution in [2.75, 3.05) is 6.61 Å². The van der Waals surface area contributed by atoms with E-state index >= 15 is 0 Å². The van der Waals surface area contributed by atoms with E-state index in [9.17, 15) is 0 Å². The maximum Gasteiger partial charge on any atom is 0.265 e. The molecular formula is C11H10Cl3NO. The van der Waals surface area contributed by atoms with E-state index in [1.807, 2.05) is 30.3 Å². The summed E-state index contributed by atoms with van der Waals surface area (Å²) in [7, 11) is 0. The van der Waals surface area contributed by atoms with E-state index in [1.165, 1.54) is 0 Å². The molecule has 16 heavy (non-hydrogen) atoms. The topological polar surface area (TPSA) is 33.1 Å².